The van der Waals surface area contributed by atoms with Gasteiger partial charge in [-0.15, -0.1) is 11.3 Å². The van der Waals surface area contributed by atoms with E-state index in [9.17, 15) is 18.3 Å². The Labute approximate surface area is 217 Å². The van der Waals surface area contributed by atoms with Gasteiger partial charge in [-0.1, -0.05) is 36.4 Å². The van der Waals surface area contributed by atoms with E-state index in [1.165, 1.54) is 20.2 Å². The zero-order valence-corrected chi connectivity index (χ0v) is 21.4. The van der Waals surface area contributed by atoms with E-state index in [0.29, 0.717) is 45.8 Å². The summed E-state index contributed by atoms with van der Waals surface area (Å²) in [6.07, 6.45) is 3.46. The third kappa shape index (κ3) is 3.76. The minimum atomic E-state index is -3.86. The van der Waals surface area contributed by atoms with Crippen LogP contribution in [0.2, 0.25) is 0 Å². The molecule has 6 rings (SSSR count). The summed E-state index contributed by atoms with van der Waals surface area (Å²) in [5.74, 6) is -0.316. The third-order valence-electron chi connectivity index (χ3n) is 6.71. The number of carbonyl (C=O) groups is 1. The molecule has 4 heterocycles. The normalized spacial score (nSPS) is 18.1. The number of likely N-dealkylation sites (tertiary alicyclic amines) is 1. The van der Waals surface area contributed by atoms with Gasteiger partial charge in [-0.3, -0.25) is 4.79 Å². The van der Waals surface area contributed by atoms with Crippen molar-refractivity contribution >= 4 is 38.3 Å². The van der Waals surface area contributed by atoms with E-state index in [4.69, 9.17) is 4.98 Å². The van der Waals surface area contributed by atoms with E-state index in [1.807, 2.05) is 17.5 Å². The van der Waals surface area contributed by atoms with Crippen LogP contribution in [0.15, 0.2) is 89.4 Å². The van der Waals surface area contributed by atoms with E-state index in [1.54, 1.807) is 74.0 Å². The number of nitrogens with zero attached hydrogens (tertiary/aromatic N) is 4. The molecule has 10 heteroatoms. The number of likely N-dealkylation sites (N-methyl/N-ethyl adjacent to an activating group) is 1. The van der Waals surface area contributed by atoms with Crippen LogP contribution in [-0.4, -0.2) is 51.9 Å². The SMILES string of the molecule is CN1CC[C@@](O)(c2cccc(-c3csc(-c4cn(S(=O)(=O)c5ccccc5)c5ncccc45)n3)c2)C1=O. The second kappa shape index (κ2) is 8.62. The maximum absolute atomic E-state index is 13.4. The Bertz CT molecular complexity index is 1760. The lowest BCUT2D eigenvalue weighted by molar-refractivity contribution is -0.143. The number of pyridine rings is 1. The summed E-state index contributed by atoms with van der Waals surface area (Å²) < 4.78 is 28.0. The first-order valence-electron chi connectivity index (χ1n) is 11.6. The highest BCUT2D eigenvalue weighted by Crippen LogP contribution is 2.38. The fourth-order valence-electron chi connectivity index (χ4n) is 4.68. The molecule has 1 aliphatic rings. The van der Waals surface area contributed by atoms with Crippen LogP contribution in [0.5, 0.6) is 0 Å². The Balaban J connectivity index is 1.42. The number of hydrogen-bond donors (Lipinski definition) is 1. The number of fused-ring (bicyclic) bond motifs is 1. The molecule has 186 valence electrons. The van der Waals surface area contributed by atoms with Crippen molar-refractivity contribution in [2.75, 3.05) is 13.6 Å². The van der Waals surface area contributed by atoms with Crippen molar-refractivity contribution < 1.29 is 18.3 Å². The molecule has 3 aromatic heterocycles. The number of rotatable bonds is 5. The van der Waals surface area contributed by atoms with Crippen molar-refractivity contribution in [1.29, 1.82) is 0 Å². The zero-order chi connectivity index (χ0) is 25.8. The summed E-state index contributed by atoms with van der Waals surface area (Å²) >= 11 is 1.39. The molecular weight excluding hydrogens is 508 g/mol. The molecule has 0 unspecified atom stereocenters. The number of aliphatic hydroxyl groups is 1. The van der Waals surface area contributed by atoms with Gasteiger partial charge in [-0.2, -0.15) is 0 Å². The number of benzene rings is 2. The molecule has 5 aromatic rings. The van der Waals surface area contributed by atoms with Gasteiger partial charge < -0.3 is 10.0 Å². The molecule has 0 radical (unpaired) electrons. The summed E-state index contributed by atoms with van der Waals surface area (Å²) in [5, 5.41) is 14.3. The average molecular weight is 531 g/mol. The molecule has 0 spiro atoms. The second-order valence-electron chi connectivity index (χ2n) is 8.99. The molecule has 1 atom stereocenters. The Morgan fingerprint density at radius 3 is 2.62 bits per heavy atom. The largest absolute Gasteiger partial charge is 0.375 e. The lowest BCUT2D eigenvalue weighted by atomic mass is 9.90. The highest BCUT2D eigenvalue weighted by molar-refractivity contribution is 7.90. The Hall–Kier alpha value is -3.86. The van der Waals surface area contributed by atoms with Crippen LogP contribution < -0.4 is 0 Å². The average Bonchev–Trinajstić information content (AvgIpc) is 3.63. The third-order valence-corrected chi connectivity index (χ3v) is 9.25. The van der Waals surface area contributed by atoms with Crippen molar-refractivity contribution in [2.45, 2.75) is 16.9 Å². The van der Waals surface area contributed by atoms with Gasteiger partial charge in [0, 0.05) is 54.3 Å². The Morgan fingerprint density at radius 1 is 1.05 bits per heavy atom. The van der Waals surface area contributed by atoms with Gasteiger partial charge in [0.1, 0.15) is 5.01 Å². The second-order valence-corrected chi connectivity index (χ2v) is 11.7. The minimum absolute atomic E-state index is 0.172. The number of hydrogen-bond acceptors (Lipinski definition) is 7. The fourth-order valence-corrected chi connectivity index (χ4v) is 6.88. The van der Waals surface area contributed by atoms with Crippen molar-refractivity contribution in [1.82, 2.24) is 18.8 Å². The number of thiazole rings is 1. The number of amides is 1. The van der Waals surface area contributed by atoms with Crippen LogP contribution in [0.1, 0.15) is 12.0 Å². The predicted octanol–water partition coefficient (Wildman–Crippen LogP) is 4.11. The van der Waals surface area contributed by atoms with Crippen LogP contribution in [0.3, 0.4) is 0 Å². The maximum atomic E-state index is 13.4. The Kier molecular flexibility index (Phi) is 5.48. The highest BCUT2D eigenvalue weighted by Gasteiger charge is 2.45. The first-order chi connectivity index (χ1) is 17.8. The first-order valence-corrected chi connectivity index (χ1v) is 13.9. The van der Waals surface area contributed by atoms with Crippen molar-refractivity contribution in [3.05, 3.63) is 90.1 Å². The van der Waals surface area contributed by atoms with Crippen LogP contribution in [0, 0.1) is 0 Å². The van der Waals surface area contributed by atoms with Gasteiger partial charge in [0.05, 0.1) is 10.6 Å². The molecule has 1 saturated heterocycles. The Morgan fingerprint density at radius 2 is 1.86 bits per heavy atom. The molecule has 8 nitrogen and oxygen atoms in total. The lowest BCUT2D eigenvalue weighted by Gasteiger charge is -2.21. The van der Waals surface area contributed by atoms with Crippen molar-refractivity contribution in [2.24, 2.45) is 0 Å². The van der Waals surface area contributed by atoms with Gasteiger partial charge in [0.25, 0.3) is 15.9 Å². The fraction of sp³-hybridized carbons (Fsp3) is 0.148. The summed E-state index contributed by atoms with van der Waals surface area (Å²) in [6.45, 7) is 0.490. The van der Waals surface area contributed by atoms with Crippen LogP contribution in [0.4, 0.5) is 0 Å². The number of carbonyl (C=O) groups excluding carboxylic acids is 1. The number of aromatic nitrogens is 3. The quantitative estimate of drug-likeness (QED) is 0.367. The summed E-state index contributed by atoms with van der Waals surface area (Å²) in [4.78, 5) is 23.4. The van der Waals surface area contributed by atoms with Crippen LogP contribution >= 0.6 is 11.3 Å². The van der Waals surface area contributed by atoms with E-state index >= 15 is 0 Å². The predicted molar refractivity (Wildman–Crippen MR) is 141 cm³/mol. The van der Waals surface area contributed by atoms with Gasteiger partial charge in [-0.05, 0) is 35.9 Å². The highest BCUT2D eigenvalue weighted by atomic mass is 32.2. The molecule has 1 aliphatic heterocycles. The molecule has 1 N–H and O–H groups in total. The van der Waals surface area contributed by atoms with Crippen molar-refractivity contribution in [3.8, 4) is 21.8 Å². The molecule has 1 fully saturated rings. The van der Waals surface area contributed by atoms with Gasteiger partial charge in [0.2, 0.25) is 0 Å². The van der Waals surface area contributed by atoms with Gasteiger partial charge in [-0.25, -0.2) is 22.4 Å². The molecule has 0 bridgehead atoms. The van der Waals surface area contributed by atoms with Crippen LogP contribution in [0.25, 0.3) is 32.9 Å². The van der Waals surface area contributed by atoms with Gasteiger partial charge in [0.15, 0.2) is 11.2 Å². The summed E-state index contributed by atoms with van der Waals surface area (Å²) in [6, 6.07) is 19.1. The van der Waals surface area contributed by atoms with Crippen LogP contribution in [-0.2, 0) is 20.4 Å². The smallest absolute Gasteiger partial charge is 0.269 e. The first kappa shape index (κ1) is 23.5. The van der Waals surface area contributed by atoms with E-state index in [-0.39, 0.29) is 10.8 Å². The maximum Gasteiger partial charge on any atom is 0.269 e. The summed E-state index contributed by atoms with van der Waals surface area (Å²) in [7, 11) is -2.18. The van der Waals surface area contributed by atoms with E-state index in [0.717, 1.165) is 5.56 Å². The zero-order valence-electron chi connectivity index (χ0n) is 19.8. The van der Waals surface area contributed by atoms with Gasteiger partial charge >= 0.3 is 0 Å². The van der Waals surface area contributed by atoms with E-state index in [2.05, 4.69) is 4.98 Å². The molecule has 37 heavy (non-hydrogen) atoms. The molecular formula is C27H22N4O4S2. The topological polar surface area (TPSA) is 105 Å². The summed E-state index contributed by atoms with van der Waals surface area (Å²) in [5.41, 5.74) is 1.39. The molecule has 1 amide bonds. The standard InChI is InChI=1S/C27H22N4O4S2/c1-30-14-12-27(33,26(30)32)19-8-5-7-18(15-19)23-17-36-25(29-23)22-16-31(24-21(22)11-6-13-28-24)37(34,35)20-9-3-2-4-10-20/h2-11,13,15-17,33H,12,14H2,1H3/t27-/m1/s1. The van der Waals surface area contributed by atoms with E-state index < -0.39 is 15.6 Å². The minimum Gasteiger partial charge on any atom is -0.375 e. The molecule has 0 saturated carbocycles. The lowest BCUT2D eigenvalue weighted by Crippen LogP contribution is -2.36. The molecule has 0 aliphatic carbocycles. The van der Waals surface area contributed by atoms with Crippen molar-refractivity contribution in [3.63, 3.8) is 0 Å². The monoisotopic (exact) mass is 530 g/mol. The molecule has 2 aromatic carbocycles.